The molecule has 20 heavy (non-hydrogen) atoms. The van der Waals surface area contributed by atoms with Crippen LogP contribution in [0.15, 0.2) is 24.3 Å². The van der Waals surface area contributed by atoms with Crippen molar-refractivity contribution in [1.29, 1.82) is 0 Å². The van der Waals surface area contributed by atoms with E-state index in [2.05, 4.69) is 10.1 Å². The highest BCUT2D eigenvalue weighted by Crippen LogP contribution is 2.37. The summed E-state index contributed by atoms with van der Waals surface area (Å²) in [6.07, 6.45) is -2.66. The van der Waals surface area contributed by atoms with Crippen LogP contribution in [0.25, 0.3) is 0 Å². The van der Waals surface area contributed by atoms with Crippen LogP contribution in [0.4, 0.5) is 17.6 Å². The summed E-state index contributed by atoms with van der Waals surface area (Å²) < 4.78 is 53.4. The average molecular weight is 291 g/mol. The Bertz CT molecular complexity index is 429. The number of ether oxygens (including phenoxy) is 1. The summed E-state index contributed by atoms with van der Waals surface area (Å²) in [6, 6.07) is 6.92. The number of halogens is 4. The van der Waals surface area contributed by atoms with Crippen molar-refractivity contribution in [3.8, 4) is 0 Å². The third kappa shape index (κ3) is 4.45. The highest BCUT2D eigenvalue weighted by Gasteiger charge is 2.31. The summed E-state index contributed by atoms with van der Waals surface area (Å²) in [4.78, 5) is 0. The van der Waals surface area contributed by atoms with Crippen LogP contribution >= 0.6 is 0 Å². The van der Waals surface area contributed by atoms with Crippen LogP contribution in [0.1, 0.15) is 24.3 Å². The van der Waals surface area contributed by atoms with E-state index in [1.165, 1.54) is 6.07 Å². The molecule has 0 bridgehead atoms. The van der Waals surface area contributed by atoms with Gasteiger partial charge in [-0.3, -0.25) is 0 Å². The van der Waals surface area contributed by atoms with Gasteiger partial charge in [0, 0.05) is 12.6 Å². The second-order valence-corrected chi connectivity index (χ2v) is 5.01. The van der Waals surface area contributed by atoms with Crippen molar-refractivity contribution in [3.63, 3.8) is 0 Å². The number of alkyl halides is 3. The average Bonchev–Trinajstić information content (AvgIpc) is 2.31. The van der Waals surface area contributed by atoms with E-state index in [1.54, 1.807) is 12.1 Å². The van der Waals surface area contributed by atoms with E-state index in [0.29, 0.717) is 6.54 Å². The molecule has 1 aliphatic rings. The smallest absolute Gasteiger partial charge is 0.371 e. The van der Waals surface area contributed by atoms with Crippen LogP contribution < -0.4 is 5.32 Å². The van der Waals surface area contributed by atoms with Gasteiger partial charge >= 0.3 is 6.18 Å². The number of benzene rings is 1. The Hall–Kier alpha value is -1.14. The Balaban J connectivity index is 1.60. The molecule has 1 fully saturated rings. The van der Waals surface area contributed by atoms with Gasteiger partial charge in [-0.25, -0.2) is 4.39 Å². The van der Waals surface area contributed by atoms with Gasteiger partial charge in [0.2, 0.25) is 0 Å². The maximum Gasteiger partial charge on any atom is 0.411 e. The fraction of sp³-hybridized carbons (Fsp3) is 0.571. The highest BCUT2D eigenvalue weighted by molar-refractivity contribution is 5.24. The molecule has 1 aromatic carbocycles. The Kier molecular flexibility index (Phi) is 4.99. The zero-order chi connectivity index (χ0) is 14.6. The van der Waals surface area contributed by atoms with E-state index in [4.69, 9.17) is 0 Å². The third-order valence-electron chi connectivity index (χ3n) is 3.43. The van der Waals surface area contributed by atoms with Crippen molar-refractivity contribution in [2.24, 2.45) is 0 Å². The molecule has 112 valence electrons. The molecule has 0 heterocycles. The zero-order valence-electron chi connectivity index (χ0n) is 10.9. The molecule has 0 amide bonds. The number of nitrogens with one attached hydrogen (secondary N) is 1. The summed E-state index contributed by atoms with van der Waals surface area (Å²) >= 11 is 0. The Morgan fingerprint density at radius 1 is 1.20 bits per heavy atom. The van der Waals surface area contributed by atoms with Crippen LogP contribution in [-0.4, -0.2) is 32.0 Å². The maximum absolute atomic E-state index is 13.5. The summed E-state index contributed by atoms with van der Waals surface area (Å²) in [6.45, 7) is -0.803. The predicted molar refractivity (Wildman–Crippen MR) is 67.0 cm³/mol. The van der Waals surface area contributed by atoms with Crippen LogP contribution in [0, 0.1) is 5.82 Å². The highest BCUT2D eigenvalue weighted by atomic mass is 19.4. The van der Waals surface area contributed by atoms with E-state index in [9.17, 15) is 17.6 Å². The fourth-order valence-corrected chi connectivity index (χ4v) is 2.37. The minimum absolute atomic E-state index is 0.0281. The summed E-state index contributed by atoms with van der Waals surface area (Å²) in [7, 11) is 0. The van der Waals surface area contributed by atoms with Crippen LogP contribution in [-0.2, 0) is 4.74 Å². The molecule has 0 atom stereocenters. The first-order chi connectivity index (χ1) is 9.46. The molecule has 2 rings (SSSR count). The van der Waals surface area contributed by atoms with E-state index in [1.807, 2.05) is 6.07 Å². The van der Waals surface area contributed by atoms with E-state index in [0.717, 1.165) is 18.4 Å². The van der Waals surface area contributed by atoms with Crippen LogP contribution in [0.3, 0.4) is 0 Å². The monoisotopic (exact) mass is 291 g/mol. The Morgan fingerprint density at radius 2 is 1.90 bits per heavy atom. The molecule has 1 aromatic rings. The number of hydrogen-bond acceptors (Lipinski definition) is 2. The molecule has 1 saturated carbocycles. The number of rotatable bonds is 6. The van der Waals surface area contributed by atoms with Gasteiger partial charge in [-0.2, -0.15) is 13.2 Å². The molecule has 2 nitrogen and oxygen atoms in total. The molecule has 6 heteroatoms. The third-order valence-corrected chi connectivity index (χ3v) is 3.43. The second kappa shape index (κ2) is 6.54. The van der Waals surface area contributed by atoms with Crippen molar-refractivity contribution >= 4 is 0 Å². The summed E-state index contributed by atoms with van der Waals surface area (Å²) in [5, 5.41) is 3.11. The van der Waals surface area contributed by atoms with E-state index >= 15 is 0 Å². The predicted octanol–water partition coefficient (Wildman–Crippen LogP) is 3.24. The van der Waals surface area contributed by atoms with Gasteiger partial charge in [-0.1, -0.05) is 18.2 Å². The van der Waals surface area contributed by atoms with Crippen molar-refractivity contribution in [3.05, 3.63) is 35.6 Å². The van der Waals surface area contributed by atoms with Crippen LogP contribution in [0.2, 0.25) is 0 Å². The van der Waals surface area contributed by atoms with Crippen molar-refractivity contribution in [1.82, 2.24) is 5.32 Å². The molecule has 1 N–H and O–H groups in total. The molecule has 0 aliphatic heterocycles. The van der Waals surface area contributed by atoms with Gasteiger partial charge in [-0.15, -0.1) is 0 Å². The van der Waals surface area contributed by atoms with Gasteiger partial charge in [0.15, 0.2) is 0 Å². The molecule has 0 saturated heterocycles. The summed E-state index contributed by atoms with van der Waals surface area (Å²) in [5.74, 6) is 0.00857. The molecule has 0 aromatic heterocycles. The van der Waals surface area contributed by atoms with Gasteiger partial charge in [0.25, 0.3) is 0 Å². The lowest BCUT2D eigenvalue weighted by atomic mass is 9.75. The molecule has 0 spiro atoms. The SMILES string of the molecule is Fc1ccccc1C1CC(NCCOCC(F)(F)F)C1. The van der Waals surface area contributed by atoms with Crippen LogP contribution in [0.5, 0.6) is 0 Å². The van der Waals surface area contributed by atoms with Crippen molar-refractivity contribution in [2.45, 2.75) is 31.0 Å². The topological polar surface area (TPSA) is 21.3 Å². The molecule has 0 radical (unpaired) electrons. The molecular weight excluding hydrogens is 274 g/mol. The first-order valence-electron chi connectivity index (χ1n) is 6.58. The van der Waals surface area contributed by atoms with Gasteiger partial charge < -0.3 is 10.1 Å². The first kappa shape index (κ1) is 15.3. The quantitative estimate of drug-likeness (QED) is 0.642. The summed E-state index contributed by atoms with van der Waals surface area (Å²) in [5.41, 5.74) is 0.721. The van der Waals surface area contributed by atoms with E-state index in [-0.39, 0.29) is 24.4 Å². The lowest BCUT2D eigenvalue weighted by molar-refractivity contribution is -0.173. The van der Waals surface area contributed by atoms with Gasteiger partial charge in [-0.05, 0) is 30.4 Å². The van der Waals surface area contributed by atoms with Crippen molar-refractivity contribution in [2.75, 3.05) is 19.8 Å². The van der Waals surface area contributed by atoms with Crippen molar-refractivity contribution < 1.29 is 22.3 Å². The second-order valence-electron chi connectivity index (χ2n) is 5.01. The normalized spacial score (nSPS) is 22.6. The largest absolute Gasteiger partial charge is 0.411 e. The molecule has 1 aliphatic carbocycles. The minimum Gasteiger partial charge on any atom is -0.371 e. The first-order valence-corrected chi connectivity index (χ1v) is 6.58. The number of hydrogen-bond donors (Lipinski definition) is 1. The maximum atomic E-state index is 13.5. The van der Waals surface area contributed by atoms with Gasteiger partial charge in [0.1, 0.15) is 12.4 Å². The lowest BCUT2D eigenvalue weighted by Crippen LogP contribution is -2.41. The molecule has 0 unspecified atom stereocenters. The Labute approximate surface area is 115 Å². The fourth-order valence-electron chi connectivity index (χ4n) is 2.37. The van der Waals surface area contributed by atoms with E-state index < -0.39 is 12.8 Å². The van der Waals surface area contributed by atoms with Gasteiger partial charge in [0.05, 0.1) is 6.61 Å². The lowest BCUT2D eigenvalue weighted by Gasteiger charge is -2.36. The zero-order valence-corrected chi connectivity index (χ0v) is 10.9. The molecular formula is C14H17F4NO. The standard InChI is InChI=1S/C14H17F4NO/c15-13-4-2-1-3-12(13)10-7-11(8-10)19-5-6-20-9-14(16,17)18/h1-4,10-11,19H,5-9H2. The Morgan fingerprint density at radius 3 is 2.55 bits per heavy atom. The minimum atomic E-state index is -4.27.